The Bertz CT molecular complexity index is 1360. The fourth-order valence-corrected chi connectivity index (χ4v) is 7.21. The molecule has 12 heteroatoms. The SMILES string of the molecule is CCCCN(CC)S(=O)(=O)c1ccc(C(=O)N(CCCN2CCOCC2)c2nc3c(OCC)cccc3s2)cc1.Cl. The third kappa shape index (κ3) is 8.18. The van der Waals surface area contributed by atoms with E-state index in [-0.39, 0.29) is 23.2 Å². The molecular weight excluding hydrogens is 584 g/mol. The van der Waals surface area contributed by atoms with E-state index in [0.29, 0.717) is 42.7 Å². The predicted octanol–water partition coefficient (Wildman–Crippen LogP) is 5.30. The summed E-state index contributed by atoms with van der Waals surface area (Å²) in [5, 5.41) is 0.600. The summed E-state index contributed by atoms with van der Waals surface area (Å²) >= 11 is 1.45. The lowest BCUT2D eigenvalue weighted by Crippen LogP contribution is -2.39. The van der Waals surface area contributed by atoms with Gasteiger partial charge in [0, 0.05) is 44.8 Å². The Kier molecular flexibility index (Phi) is 12.8. The second kappa shape index (κ2) is 15.8. The van der Waals surface area contributed by atoms with E-state index in [9.17, 15) is 13.2 Å². The van der Waals surface area contributed by atoms with Gasteiger partial charge in [-0.3, -0.25) is 14.6 Å². The molecule has 0 N–H and O–H groups in total. The normalized spacial score (nSPS) is 14.2. The Hall–Kier alpha value is -2.28. The number of halogens is 1. The monoisotopic (exact) mass is 624 g/mol. The maximum atomic E-state index is 13.9. The Labute approximate surface area is 253 Å². The van der Waals surface area contributed by atoms with Gasteiger partial charge < -0.3 is 9.47 Å². The first-order valence-electron chi connectivity index (χ1n) is 14.1. The Balaban J connectivity index is 0.00000462. The molecule has 2 aromatic carbocycles. The predicted molar refractivity (Wildman–Crippen MR) is 167 cm³/mol. The summed E-state index contributed by atoms with van der Waals surface area (Å²) in [6.07, 6.45) is 2.49. The average Bonchev–Trinajstić information content (AvgIpc) is 3.41. The van der Waals surface area contributed by atoms with Gasteiger partial charge in [0.1, 0.15) is 11.3 Å². The summed E-state index contributed by atoms with van der Waals surface area (Å²) in [5.74, 6) is 0.489. The van der Waals surface area contributed by atoms with E-state index in [2.05, 4.69) is 4.90 Å². The molecule has 41 heavy (non-hydrogen) atoms. The van der Waals surface area contributed by atoms with Crippen LogP contribution in [0.5, 0.6) is 5.75 Å². The number of para-hydroxylation sites is 1. The molecule has 0 unspecified atom stereocenters. The van der Waals surface area contributed by atoms with E-state index in [1.165, 1.54) is 27.8 Å². The number of nitrogens with zero attached hydrogens (tertiary/aromatic N) is 4. The van der Waals surface area contributed by atoms with Gasteiger partial charge in [-0.15, -0.1) is 12.4 Å². The van der Waals surface area contributed by atoms with E-state index in [1.54, 1.807) is 17.0 Å². The van der Waals surface area contributed by atoms with Crippen molar-refractivity contribution in [1.82, 2.24) is 14.2 Å². The number of rotatable bonds is 14. The fraction of sp³-hybridized carbons (Fsp3) is 0.517. The van der Waals surface area contributed by atoms with Crippen LogP contribution in [0.4, 0.5) is 5.13 Å². The number of sulfonamides is 1. The topological polar surface area (TPSA) is 92.3 Å². The van der Waals surface area contributed by atoms with Crippen molar-refractivity contribution in [2.75, 3.05) is 64.0 Å². The zero-order valence-electron chi connectivity index (χ0n) is 24.1. The van der Waals surface area contributed by atoms with Gasteiger partial charge in [0.2, 0.25) is 10.0 Å². The molecule has 0 aliphatic carbocycles. The standard InChI is InChI=1S/C29H40N4O5S2.ClH/c1-4-7-17-32(5-2)40(35,36)24-14-12-23(13-15-24)28(34)33(18-9-16-31-19-21-37-22-20-31)29-30-27-25(38-6-3)10-8-11-26(27)39-29;/h8,10-15H,4-7,9,16-22H2,1-3H3;1H. The van der Waals surface area contributed by atoms with Crippen LogP contribution in [0.1, 0.15) is 50.4 Å². The number of amides is 1. The van der Waals surface area contributed by atoms with E-state index >= 15 is 0 Å². The van der Waals surface area contributed by atoms with Crippen molar-refractivity contribution in [3.05, 3.63) is 48.0 Å². The maximum absolute atomic E-state index is 13.9. The van der Waals surface area contributed by atoms with Gasteiger partial charge >= 0.3 is 0 Å². The first kappa shape index (κ1) is 33.2. The van der Waals surface area contributed by atoms with E-state index in [0.717, 1.165) is 62.3 Å². The molecule has 3 aromatic rings. The Morgan fingerprint density at radius 2 is 1.78 bits per heavy atom. The van der Waals surface area contributed by atoms with Gasteiger partial charge in [0.25, 0.3) is 5.91 Å². The Morgan fingerprint density at radius 1 is 1.05 bits per heavy atom. The molecule has 9 nitrogen and oxygen atoms in total. The van der Waals surface area contributed by atoms with Crippen molar-refractivity contribution >= 4 is 55.0 Å². The summed E-state index contributed by atoms with van der Waals surface area (Å²) < 4.78 is 40.0. The number of unbranched alkanes of at least 4 members (excludes halogenated alkanes) is 1. The Morgan fingerprint density at radius 3 is 2.44 bits per heavy atom. The number of benzene rings is 2. The maximum Gasteiger partial charge on any atom is 0.260 e. The molecule has 0 atom stereocenters. The molecule has 2 heterocycles. The minimum atomic E-state index is -3.62. The highest BCUT2D eigenvalue weighted by atomic mass is 35.5. The zero-order valence-corrected chi connectivity index (χ0v) is 26.5. The van der Waals surface area contributed by atoms with Crippen molar-refractivity contribution in [2.45, 2.75) is 44.9 Å². The number of hydrogen-bond acceptors (Lipinski definition) is 8. The fourth-order valence-electron chi connectivity index (χ4n) is 4.72. The summed E-state index contributed by atoms with van der Waals surface area (Å²) in [7, 11) is -3.62. The summed E-state index contributed by atoms with van der Waals surface area (Å²) in [5.41, 5.74) is 1.16. The van der Waals surface area contributed by atoms with Gasteiger partial charge in [-0.1, -0.05) is 37.7 Å². The summed E-state index contributed by atoms with van der Waals surface area (Å²) in [4.78, 5) is 23.0. The van der Waals surface area contributed by atoms with Crippen LogP contribution in [-0.2, 0) is 14.8 Å². The highest BCUT2D eigenvalue weighted by molar-refractivity contribution is 7.89. The largest absolute Gasteiger partial charge is 0.492 e. The summed E-state index contributed by atoms with van der Waals surface area (Å²) in [6.45, 7) is 11.8. The molecule has 1 saturated heterocycles. The number of aromatic nitrogens is 1. The molecule has 0 bridgehead atoms. The number of hydrogen-bond donors (Lipinski definition) is 0. The lowest BCUT2D eigenvalue weighted by molar-refractivity contribution is 0.0376. The van der Waals surface area contributed by atoms with Crippen LogP contribution >= 0.6 is 23.7 Å². The molecule has 0 saturated carbocycles. The van der Waals surface area contributed by atoms with Crippen LogP contribution in [-0.4, -0.2) is 87.6 Å². The molecule has 0 spiro atoms. The second-order valence-corrected chi connectivity index (χ2v) is 12.6. The summed E-state index contributed by atoms with van der Waals surface area (Å²) in [6, 6.07) is 12.1. The van der Waals surface area contributed by atoms with Crippen LogP contribution in [0.15, 0.2) is 47.4 Å². The lowest BCUT2D eigenvalue weighted by atomic mass is 10.2. The number of ether oxygens (including phenoxy) is 2. The number of fused-ring (bicyclic) bond motifs is 1. The zero-order chi connectivity index (χ0) is 28.5. The number of carbonyl (C=O) groups is 1. The molecule has 0 radical (unpaired) electrons. The van der Waals surface area contributed by atoms with Crippen molar-refractivity contribution in [3.63, 3.8) is 0 Å². The number of thiazole rings is 1. The van der Waals surface area contributed by atoms with Crippen molar-refractivity contribution in [2.24, 2.45) is 0 Å². The highest BCUT2D eigenvalue weighted by Crippen LogP contribution is 2.35. The quantitative estimate of drug-likeness (QED) is 0.240. The van der Waals surface area contributed by atoms with Crippen LogP contribution in [0.2, 0.25) is 0 Å². The van der Waals surface area contributed by atoms with Crippen molar-refractivity contribution < 1.29 is 22.7 Å². The van der Waals surface area contributed by atoms with Crippen molar-refractivity contribution in [1.29, 1.82) is 0 Å². The van der Waals surface area contributed by atoms with Gasteiger partial charge in [-0.2, -0.15) is 4.31 Å². The molecule has 226 valence electrons. The molecule has 1 aliphatic rings. The van der Waals surface area contributed by atoms with E-state index in [4.69, 9.17) is 14.5 Å². The van der Waals surface area contributed by atoms with E-state index < -0.39 is 10.0 Å². The smallest absolute Gasteiger partial charge is 0.260 e. The van der Waals surface area contributed by atoms with Crippen LogP contribution < -0.4 is 9.64 Å². The van der Waals surface area contributed by atoms with Crippen LogP contribution in [0, 0.1) is 0 Å². The molecular formula is C29H41ClN4O5S2. The second-order valence-electron chi connectivity index (χ2n) is 9.67. The molecule has 4 rings (SSSR count). The first-order valence-corrected chi connectivity index (χ1v) is 16.4. The third-order valence-electron chi connectivity index (χ3n) is 6.96. The number of carbonyl (C=O) groups excluding carboxylic acids is 1. The molecule has 1 fully saturated rings. The molecule has 1 aromatic heterocycles. The van der Waals surface area contributed by atoms with Gasteiger partial charge in [-0.25, -0.2) is 13.4 Å². The third-order valence-corrected chi connectivity index (χ3v) is 9.99. The van der Waals surface area contributed by atoms with Crippen LogP contribution in [0.3, 0.4) is 0 Å². The van der Waals surface area contributed by atoms with Gasteiger partial charge in [0.15, 0.2) is 5.13 Å². The van der Waals surface area contributed by atoms with Crippen LogP contribution in [0.25, 0.3) is 10.2 Å². The van der Waals surface area contributed by atoms with Crippen molar-refractivity contribution in [3.8, 4) is 5.75 Å². The number of morpholine rings is 1. The minimum Gasteiger partial charge on any atom is -0.492 e. The highest BCUT2D eigenvalue weighted by Gasteiger charge is 2.26. The number of anilines is 1. The lowest BCUT2D eigenvalue weighted by Gasteiger charge is -2.27. The van der Waals surface area contributed by atoms with Gasteiger partial charge in [-0.05, 0) is 56.2 Å². The average molecular weight is 625 g/mol. The molecule has 1 amide bonds. The first-order chi connectivity index (χ1) is 19.4. The van der Waals surface area contributed by atoms with E-state index in [1.807, 2.05) is 39.0 Å². The minimum absolute atomic E-state index is 0. The molecule has 1 aliphatic heterocycles. The van der Waals surface area contributed by atoms with Gasteiger partial charge in [0.05, 0.1) is 29.4 Å².